The Morgan fingerprint density at radius 1 is 0.947 bits per heavy atom. The van der Waals surface area contributed by atoms with Crippen LogP contribution in [0.25, 0.3) is 11.1 Å². The molecule has 3 aromatic carbocycles. The molecule has 0 aromatic heterocycles. The van der Waals surface area contributed by atoms with E-state index in [1.165, 1.54) is 27.8 Å². The summed E-state index contributed by atoms with van der Waals surface area (Å²) in [6.07, 6.45) is 6.13. The highest BCUT2D eigenvalue weighted by Crippen LogP contribution is 2.42. The molecule has 0 heterocycles. The molecule has 3 aromatic rings. The lowest BCUT2D eigenvalue weighted by Gasteiger charge is -2.20. The monoisotopic (exact) mass is 510 g/mol. The first kappa shape index (κ1) is 27.2. The van der Waals surface area contributed by atoms with Gasteiger partial charge in [0.15, 0.2) is 0 Å². The minimum atomic E-state index is -0.996. The lowest BCUT2D eigenvalue weighted by atomic mass is 9.86. The first-order valence-corrected chi connectivity index (χ1v) is 13.6. The second-order valence-corrected chi connectivity index (χ2v) is 10.2. The van der Waals surface area contributed by atoms with E-state index in [0.29, 0.717) is 5.69 Å². The lowest BCUT2D eigenvalue weighted by molar-refractivity contribution is -0.134. The van der Waals surface area contributed by atoms with Crippen LogP contribution in [0.5, 0.6) is 5.75 Å². The Kier molecular flexibility index (Phi) is 8.67. The highest BCUT2D eigenvalue weighted by atomic mass is 16.5. The number of nitrogens with one attached hydrogen (secondary N) is 1. The van der Waals surface area contributed by atoms with Gasteiger partial charge in [-0.15, -0.1) is 0 Å². The molecule has 0 saturated carbocycles. The second-order valence-electron chi connectivity index (χ2n) is 10.2. The molecule has 0 radical (unpaired) electrons. The molecule has 1 atom stereocenters. The summed E-state index contributed by atoms with van der Waals surface area (Å²) in [6.45, 7) is 8.65. The number of amides is 2. The molecule has 4 rings (SSSR count). The molecule has 5 heteroatoms. The SMILES string of the molecule is CCCC(CC)Oc1ccc(C2=C(c3ccc(C)cc3C)CCCc3cc(NC(=O)C(N)=O)ccc32)cc1. The van der Waals surface area contributed by atoms with Crippen LogP contribution >= 0.6 is 0 Å². The maximum absolute atomic E-state index is 11.9. The third-order valence-corrected chi connectivity index (χ3v) is 7.25. The van der Waals surface area contributed by atoms with Crippen molar-refractivity contribution in [2.24, 2.45) is 5.73 Å². The second kappa shape index (κ2) is 12.1. The van der Waals surface area contributed by atoms with Crippen LogP contribution in [0, 0.1) is 13.8 Å². The van der Waals surface area contributed by atoms with E-state index in [0.717, 1.165) is 61.0 Å². The fourth-order valence-electron chi connectivity index (χ4n) is 5.37. The summed E-state index contributed by atoms with van der Waals surface area (Å²) in [4.78, 5) is 23.2. The zero-order valence-electron chi connectivity index (χ0n) is 22.9. The van der Waals surface area contributed by atoms with Crippen LogP contribution < -0.4 is 15.8 Å². The van der Waals surface area contributed by atoms with Crippen LogP contribution in [-0.2, 0) is 16.0 Å². The highest BCUT2D eigenvalue weighted by molar-refractivity contribution is 6.39. The van der Waals surface area contributed by atoms with Gasteiger partial charge in [-0.3, -0.25) is 9.59 Å². The topological polar surface area (TPSA) is 81.4 Å². The predicted octanol–water partition coefficient (Wildman–Crippen LogP) is 6.98. The largest absolute Gasteiger partial charge is 0.490 e. The van der Waals surface area contributed by atoms with Gasteiger partial charge in [-0.1, -0.05) is 62.2 Å². The summed E-state index contributed by atoms with van der Waals surface area (Å²) in [5.74, 6) is -0.917. The molecule has 198 valence electrons. The van der Waals surface area contributed by atoms with Gasteiger partial charge >= 0.3 is 11.8 Å². The minimum Gasteiger partial charge on any atom is -0.490 e. The molecule has 1 aliphatic carbocycles. The number of carbonyl (C=O) groups excluding carboxylic acids is 2. The summed E-state index contributed by atoms with van der Waals surface area (Å²) in [5.41, 5.74) is 15.4. The fourth-order valence-corrected chi connectivity index (χ4v) is 5.37. The molecule has 3 N–H and O–H groups in total. The normalized spacial score (nSPS) is 13.9. The third-order valence-electron chi connectivity index (χ3n) is 7.25. The number of rotatable bonds is 8. The van der Waals surface area contributed by atoms with E-state index < -0.39 is 11.8 Å². The van der Waals surface area contributed by atoms with Crippen LogP contribution in [-0.4, -0.2) is 17.9 Å². The van der Waals surface area contributed by atoms with E-state index in [2.05, 4.69) is 81.5 Å². The molecule has 0 saturated heterocycles. The predicted molar refractivity (Wildman–Crippen MR) is 155 cm³/mol. The average molecular weight is 511 g/mol. The van der Waals surface area contributed by atoms with E-state index in [1.54, 1.807) is 0 Å². The van der Waals surface area contributed by atoms with Crippen LogP contribution in [0.2, 0.25) is 0 Å². The first-order chi connectivity index (χ1) is 18.3. The minimum absolute atomic E-state index is 0.225. The van der Waals surface area contributed by atoms with Crippen LogP contribution in [0.3, 0.4) is 0 Å². The van der Waals surface area contributed by atoms with Crippen molar-refractivity contribution < 1.29 is 14.3 Å². The number of primary amides is 1. The van der Waals surface area contributed by atoms with Crippen molar-refractivity contribution in [1.82, 2.24) is 0 Å². The van der Waals surface area contributed by atoms with Gasteiger partial charge in [-0.05, 0) is 109 Å². The van der Waals surface area contributed by atoms with Crippen molar-refractivity contribution in [2.75, 3.05) is 5.32 Å². The molecule has 1 unspecified atom stereocenters. The molecule has 0 spiro atoms. The number of hydrogen-bond acceptors (Lipinski definition) is 3. The van der Waals surface area contributed by atoms with Gasteiger partial charge in [0, 0.05) is 5.69 Å². The number of carbonyl (C=O) groups is 2. The smallest absolute Gasteiger partial charge is 0.313 e. The first-order valence-electron chi connectivity index (χ1n) is 13.6. The number of aryl methyl sites for hydroxylation is 3. The molecule has 0 bridgehead atoms. The van der Waals surface area contributed by atoms with Crippen molar-refractivity contribution >= 4 is 28.6 Å². The number of anilines is 1. The van der Waals surface area contributed by atoms with Gasteiger partial charge in [0.05, 0.1) is 6.10 Å². The summed E-state index contributed by atoms with van der Waals surface area (Å²) in [5, 5.41) is 2.62. The number of hydrogen-bond donors (Lipinski definition) is 2. The Balaban J connectivity index is 1.82. The quantitative estimate of drug-likeness (QED) is 0.321. The Morgan fingerprint density at radius 3 is 2.34 bits per heavy atom. The number of ether oxygens (including phenoxy) is 1. The fraction of sp³-hybridized carbons (Fsp3) is 0.333. The summed E-state index contributed by atoms with van der Waals surface area (Å²) in [6, 6.07) is 21.0. The number of benzene rings is 3. The van der Waals surface area contributed by atoms with Gasteiger partial charge in [0.25, 0.3) is 0 Å². The standard InChI is InChI=1S/C33H38N2O3/c1-5-8-26(6-2)38-27-15-12-23(13-16-27)31-29-18-14-25(35-33(37)32(34)36)20-24(29)9-7-10-30(31)28-17-11-21(3)19-22(28)4/h11-20,26H,5-10H2,1-4H3,(H2,34,36)(H,35,37). The van der Waals surface area contributed by atoms with Crippen molar-refractivity contribution in [1.29, 1.82) is 0 Å². The zero-order valence-corrected chi connectivity index (χ0v) is 22.9. The van der Waals surface area contributed by atoms with Gasteiger partial charge < -0.3 is 15.8 Å². The Morgan fingerprint density at radius 2 is 1.68 bits per heavy atom. The zero-order chi connectivity index (χ0) is 27.2. The molecule has 2 amide bonds. The lowest BCUT2D eigenvalue weighted by Crippen LogP contribution is -2.29. The average Bonchev–Trinajstić information content (AvgIpc) is 3.08. The van der Waals surface area contributed by atoms with E-state index >= 15 is 0 Å². The van der Waals surface area contributed by atoms with Crippen LogP contribution in [0.4, 0.5) is 5.69 Å². The third kappa shape index (κ3) is 6.16. The summed E-state index contributed by atoms with van der Waals surface area (Å²) in [7, 11) is 0. The molecule has 0 fully saturated rings. The molecular formula is C33H38N2O3. The van der Waals surface area contributed by atoms with Gasteiger partial charge in [-0.2, -0.15) is 0 Å². The Labute approximate surface area is 226 Å². The van der Waals surface area contributed by atoms with E-state index in [4.69, 9.17) is 10.5 Å². The van der Waals surface area contributed by atoms with E-state index in [1.807, 2.05) is 12.1 Å². The maximum atomic E-state index is 11.9. The van der Waals surface area contributed by atoms with Crippen molar-refractivity contribution in [2.45, 2.75) is 72.3 Å². The Hall–Kier alpha value is -3.86. The molecule has 0 aliphatic heterocycles. The summed E-state index contributed by atoms with van der Waals surface area (Å²) >= 11 is 0. The van der Waals surface area contributed by atoms with Gasteiger partial charge in [0.2, 0.25) is 0 Å². The number of fused-ring (bicyclic) bond motifs is 1. The van der Waals surface area contributed by atoms with Crippen LogP contribution in [0.1, 0.15) is 79.3 Å². The Bertz CT molecular complexity index is 1360. The van der Waals surface area contributed by atoms with Crippen molar-refractivity contribution in [3.63, 3.8) is 0 Å². The van der Waals surface area contributed by atoms with E-state index in [9.17, 15) is 9.59 Å². The van der Waals surface area contributed by atoms with E-state index in [-0.39, 0.29) is 6.10 Å². The van der Waals surface area contributed by atoms with Gasteiger partial charge in [0.1, 0.15) is 5.75 Å². The molecule has 5 nitrogen and oxygen atoms in total. The van der Waals surface area contributed by atoms with Gasteiger partial charge in [-0.25, -0.2) is 0 Å². The molecular weight excluding hydrogens is 472 g/mol. The van der Waals surface area contributed by atoms with Crippen LogP contribution in [0.15, 0.2) is 60.7 Å². The summed E-state index contributed by atoms with van der Waals surface area (Å²) < 4.78 is 6.26. The molecule has 38 heavy (non-hydrogen) atoms. The highest BCUT2D eigenvalue weighted by Gasteiger charge is 2.22. The number of allylic oxidation sites excluding steroid dienone is 1. The maximum Gasteiger partial charge on any atom is 0.313 e. The van der Waals surface area contributed by atoms with Crippen molar-refractivity contribution in [3.05, 3.63) is 94.0 Å². The molecule has 1 aliphatic rings. The number of nitrogens with two attached hydrogens (primary N) is 1. The van der Waals surface area contributed by atoms with Crippen molar-refractivity contribution in [3.8, 4) is 5.75 Å².